The van der Waals surface area contributed by atoms with Gasteiger partial charge in [-0.2, -0.15) is 43.2 Å². The minimum Gasteiger partial charge on any atom is -0.373 e. The Balaban J connectivity index is 2.21. The van der Waals surface area contributed by atoms with Gasteiger partial charge in [0.05, 0.1) is 20.1 Å². The van der Waals surface area contributed by atoms with E-state index in [-0.39, 0.29) is 11.4 Å². The number of amides is 2. The highest BCUT2D eigenvalue weighted by Crippen LogP contribution is 2.40. The largest absolute Gasteiger partial charge is 0.534 e. The van der Waals surface area contributed by atoms with Crippen molar-refractivity contribution in [1.29, 1.82) is 0 Å². The number of nitrogens with one attached hydrogen (secondary N) is 2. The Labute approximate surface area is 217 Å². The number of anilines is 2. The summed E-state index contributed by atoms with van der Waals surface area (Å²) in [5.41, 5.74) is -12.1. The molecule has 0 spiro atoms. The van der Waals surface area contributed by atoms with Crippen molar-refractivity contribution in [2.45, 2.75) is 11.0 Å². The van der Waals surface area contributed by atoms with Gasteiger partial charge in [0.25, 0.3) is 0 Å². The van der Waals surface area contributed by atoms with Crippen molar-refractivity contribution in [2.24, 2.45) is 0 Å². The number of hydrogen-bond donors (Lipinski definition) is 2. The third-order valence-electron chi connectivity index (χ3n) is 3.47. The fourth-order valence-electron chi connectivity index (χ4n) is 2.03. The lowest BCUT2D eigenvalue weighted by molar-refractivity contribution is -0.0504. The molecule has 2 N–H and O–H groups in total. The zero-order valence-corrected chi connectivity index (χ0v) is 20.9. The second-order valence-electron chi connectivity index (χ2n) is 6.08. The fraction of sp³-hybridized carbons (Fsp3) is 0.133. The monoisotopic (exact) mass is 644 g/mol. The van der Waals surface area contributed by atoms with Crippen LogP contribution in [-0.4, -0.2) is 33.9 Å². The highest BCUT2D eigenvalue weighted by molar-refractivity contribution is 7.88. The van der Waals surface area contributed by atoms with Crippen molar-refractivity contribution < 1.29 is 56.3 Å². The minimum atomic E-state index is -6.11. The molecule has 2 aromatic rings. The van der Waals surface area contributed by atoms with Crippen LogP contribution in [0.5, 0.6) is 11.5 Å². The van der Waals surface area contributed by atoms with E-state index >= 15 is 0 Å². The van der Waals surface area contributed by atoms with Gasteiger partial charge in [-0.1, -0.05) is 46.4 Å². The first-order chi connectivity index (χ1) is 16.1. The Kier molecular flexibility index (Phi) is 8.69. The van der Waals surface area contributed by atoms with Crippen LogP contribution in [0.2, 0.25) is 20.1 Å². The lowest BCUT2D eigenvalue weighted by atomic mass is 10.3. The average molecular weight is 646 g/mol. The Morgan fingerprint density at radius 3 is 1.11 bits per heavy atom. The van der Waals surface area contributed by atoms with E-state index in [4.69, 9.17) is 46.4 Å². The van der Waals surface area contributed by atoms with Gasteiger partial charge in [0.1, 0.15) is 0 Å². The number of alkyl halides is 6. The number of benzene rings is 2. The first-order valence-electron chi connectivity index (χ1n) is 8.22. The minimum absolute atomic E-state index is 0.285. The van der Waals surface area contributed by atoms with Crippen molar-refractivity contribution in [1.82, 2.24) is 0 Å². The van der Waals surface area contributed by atoms with E-state index in [9.17, 15) is 48.0 Å². The molecule has 2 aromatic carbocycles. The molecule has 200 valence electrons. The van der Waals surface area contributed by atoms with Gasteiger partial charge < -0.3 is 19.0 Å². The van der Waals surface area contributed by atoms with Crippen LogP contribution in [0.3, 0.4) is 0 Å². The molecule has 0 heterocycles. The average Bonchev–Trinajstić information content (AvgIpc) is 2.66. The van der Waals surface area contributed by atoms with E-state index in [1.807, 2.05) is 0 Å². The van der Waals surface area contributed by atoms with Crippen molar-refractivity contribution in [3.05, 3.63) is 44.4 Å². The molecule has 36 heavy (non-hydrogen) atoms. The van der Waals surface area contributed by atoms with Gasteiger partial charge in [-0.25, -0.2) is 4.79 Å². The van der Waals surface area contributed by atoms with E-state index in [2.05, 4.69) is 19.0 Å². The highest BCUT2D eigenvalue weighted by atomic mass is 35.5. The van der Waals surface area contributed by atoms with Crippen LogP contribution in [-0.2, 0) is 20.2 Å². The first kappa shape index (κ1) is 30.2. The predicted octanol–water partition coefficient (Wildman–Crippen LogP) is 6.40. The third-order valence-corrected chi connectivity index (χ3v) is 6.49. The van der Waals surface area contributed by atoms with Crippen LogP contribution < -0.4 is 19.0 Å². The third kappa shape index (κ3) is 7.04. The molecule has 0 fully saturated rings. The molecule has 21 heteroatoms. The zero-order chi connectivity index (χ0) is 27.9. The van der Waals surface area contributed by atoms with Gasteiger partial charge >= 0.3 is 37.3 Å². The molecular formula is C15H6Cl4F6N2O7S2. The second kappa shape index (κ2) is 10.4. The lowest BCUT2D eigenvalue weighted by Gasteiger charge is -2.15. The normalized spacial score (nSPS) is 12.7. The van der Waals surface area contributed by atoms with Crippen molar-refractivity contribution in [3.8, 4) is 11.5 Å². The summed E-state index contributed by atoms with van der Waals surface area (Å²) in [4.78, 5) is 12.2. The maximum absolute atomic E-state index is 12.5. The van der Waals surface area contributed by atoms with Crippen LogP contribution in [0.4, 0.5) is 42.5 Å². The number of carbonyl (C=O) groups is 1. The van der Waals surface area contributed by atoms with E-state index in [1.54, 1.807) is 0 Å². The number of urea groups is 1. The van der Waals surface area contributed by atoms with Crippen LogP contribution >= 0.6 is 46.4 Å². The Hall–Kier alpha value is -2.05. The molecule has 0 aliphatic rings. The van der Waals surface area contributed by atoms with Crippen LogP contribution in [0.1, 0.15) is 0 Å². The molecule has 0 aromatic heterocycles. The van der Waals surface area contributed by atoms with Crippen molar-refractivity contribution in [2.75, 3.05) is 10.6 Å². The number of halogens is 10. The fourth-order valence-corrected chi connectivity index (χ4v) is 4.33. The maximum atomic E-state index is 12.5. The molecule has 2 amide bonds. The summed E-state index contributed by atoms with van der Waals surface area (Å²) in [7, 11) is -12.2. The van der Waals surface area contributed by atoms with Gasteiger partial charge in [0, 0.05) is 11.4 Å². The second-order valence-corrected chi connectivity index (χ2v) is 10.8. The van der Waals surface area contributed by atoms with Crippen molar-refractivity contribution >= 4 is 84.0 Å². The van der Waals surface area contributed by atoms with E-state index in [0.29, 0.717) is 0 Å². The summed E-state index contributed by atoms with van der Waals surface area (Å²) in [5, 5.41) is 1.21. The molecule has 2 rings (SSSR count). The molecule has 0 saturated heterocycles. The summed E-state index contributed by atoms with van der Waals surface area (Å²) in [6.07, 6.45) is 0. The summed E-state index contributed by atoms with van der Waals surface area (Å²) >= 11 is 22.7. The van der Waals surface area contributed by atoms with Gasteiger partial charge in [-0.15, -0.1) is 0 Å². The molecule has 0 unspecified atom stereocenters. The number of hydrogen-bond acceptors (Lipinski definition) is 7. The molecule has 0 atom stereocenters. The summed E-state index contributed by atoms with van der Waals surface area (Å²) < 4.78 is 127. The molecule has 0 aliphatic carbocycles. The molecular weight excluding hydrogens is 640 g/mol. The highest BCUT2D eigenvalue weighted by Gasteiger charge is 2.50. The smallest absolute Gasteiger partial charge is 0.373 e. The zero-order valence-electron chi connectivity index (χ0n) is 16.3. The summed E-state index contributed by atoms with van der Waals surface area (Å²) in [5.74, 6) is -2.16. The summed E-state index contributed by atoms with van der Waals surface area (Å²) in [6.45, 7) is 0. The quantitative estimate of drug-likeness (QED) is 0.211. The maximum Gasteiger partial charge on any atom is 0.534 e. The molecule has 0 radical (unpaired) electrons. The van der Waals surface area contributed by atoms with Gasteiger partial charge in [0.15, 0.2) is 11.5 Å². The van der Waals surface area contributed by atoms with E-state index < -0.39 is 68.9 Å². The van der Waals surface area contributed by atoms with Gasteiger partial charge in [-0.3, -0.25) is 0 Å². The Morgan fingerprint density at radius 2 is 0.889 bits per heavy atom. The Bertz CT molecular complexity index is 1260. The predicted molar refractivity (Wildman–Crippen MR) is 117 cm³/mol. The van der Waals surface area contributed by atoms with Crippen LogP contribution in [0.15, 0.2) is 24.3 Å². The topological polar surface area (TPSA) is 128 Å². The first-order valence-corrected chi connectivity index (χ1v) is 12.5. The molecule has 9 nitrogen and oxygen atoms in total. The van der Waals surface area contributed by atoms with Gasteiger partial charge in [0.2, 0.25) is 0 Å². The van der Waals surface area contributed by atoms with E-state index in [1.165, 1.54) is 0 Å². The van der Waals surface area contributed by atoms with Crippen LogP contribution in [0.25, 0.3) is 0 Å². The van der Waals surface area contributed by atoms with Gasteiger partial charge in [-0.05, 0) is 24.3 Å². The number of carbonyl (C=O) groups excluding carboxylic acids is 1. The molecule has 0 bridgehead atoms. The standard InChI is InChI=1S/C15H6Cl4F6N2O7S2/c16-7-1-5(2-8(17)11(7)33-35(29,30)14(20,21)22)26-13(28)27-6-3-9(18)12(10(19)4-6)34-36(31,32)15(23,24)25/h1-4H,(H2,26,27,28). The van der Waals surface area contributed by atoms with Crippen molar-refractivity contribution in [3.63, 3.8) is 0 Å². The number of rotatable bonds is 6. The molecule has 0 saturated carbocycles. The summed E-state index contributed by atoms with van der Waals surface area (Å²) in [6, 6.07) is 1.96. The lowest BCUT2D eigenvalue weighted by Crippen LogP contribution is -2.28. The Morgan fingerprint density at radius 1 is 0.639 bits per heavy atom. The van der Waals surface area contributed by atoms with E-state index in [0.717, 1.165) is 24.3 Å². The SMILES string of the molecule is O=C(Nc1cc(Cl)c(OS(=O)(=O)C(F)(F)F)c(Cl)c1)Nc1cc(Cl)c(OS(=O)(=O)C(F)(F)F)c(Cl)c1. The van der Waals surface area contributed by atoms with Crippen LogP contribution in [0, 0.1) is 0 Å². The molecule has 0 aliphatic heterocycles.